The molecule has 2 heterocycles. The van der Waals surface area contributed by atoms with Gasteiger partial charge in [0.25, 0.3) is 5.91 Å². The van der Waals surface area contributed by atoms with Gasteiger partial charge in [0.1, 0.15) is 5.75 Å². The van der Waals surface area contributed by atoms with E-state index in [9.17, 15) is 9.59 Å². The van der Waals surface area contributed by atoms with Crippen LogP contribution in [0.4, 0.5) is 0 Å². The van der Waals surface area contributed by atoms with E-state index in [2.05, 4.69) is 23.7 Å². The number of methoxy groups -OCH3 is 1. The van der Waals surface area contributed by atoms with Crippen LogP contribution in [0.5, 0.6) is 5.75 Å². The number of hydrogen-bond acceptors (Lipinski definition) is 4. The molecule has 0 saturated heterocycles. The van der Waals surface area contributed by atoms with Crippen molar-refractivity contribution in [3.05, 3.63) is 51.7 Å². The van der Waals surface area contributed by atoms with E-state index < -0.39 is 0 Å². The van der Waals surface area contributed by atoms with E-state index in [4.69, 9.17) is 4.74 Å². The van der Waals surface area contributed by atoms with Gasteiger partial charge < -0.3 is 15.0 Å². The molecule has 3 rings (SSSR count). The molecule has 0 fully saturated rings. The lowest BCUT2D eigenvalue weighted by atomic mass is 9.97. The van der Waals surface area contributed by atoms with Crippen molar-refractivity contribution in [2.75, 3.05) is 20.2 Å². The molecule has 1 unspecified atom stereocenters. The maximum absolute atomic E-state index is 12.7. The van der Waals surface area contributed by atoms with Crippen LogP contribution in [0.2, 0.25) is 0 Å². The van der Waals surface area contributed by atoms with Gasteiger partial charge in [-0.1, -0.05) is 6.92 Å². The molecule has 0 spiro atoms. The molecular weight excluding hydrogens is 360 g/mol. The number of amides is 2. The summed E-state index contributed by atoms with van der Waals surface area (Å²) in [4.78, 5) is 28.3. The second kappa shape index (κ2) is 9.04. The predicted molar refractivity (Wildman–Crippen MR) is 107 cm³/mol. The number of carbonyl (C=O) groups is 2. The third-order valence-corrected chi connectivity index (χ3v) is 6.00. The molecule has 1 N–H and O–H groups in total. The van der Waals surface area contributed by atoms with Gasteiger partial charge in [-0.25, -0.2) is 0 Å². The SMILES string of the molecule is CCC1c2ccsc2CCN1C(=O)CCCNC(=O)c1ccc(OC)cc1. The standard InChI is InChI=1S/C21H26N2O3S/c1-3-18-17-11-14-27-19(17)10-13-23(18)20(24)5-4-12-22-21(25)15-6-8-16(26-2)9-7-15/h6-9,11,14,18H,3-5,10,12-13H2,1-2H3,(H,22,25). The number of rotatable bonds is 7. The van der Waals surface area contributed by atoms with E-state index in [1.165, 1.54) is 10.4 Å². The first-order chi connectivity index (χ1) is 13.1. The number of fused-ring (bicyclic) bond motifs is 1. The fraction of sp³-hybridized carbons (Fsp3) is 0.429. The average molecular weight is 387 g/mol. The van der Waals surface area contributed by atoms with E-state index in [-0.39, 0.29) is 17.9 Å². The largest absolute Gasteiger partial charge is 0.497 e. The van der Waals surface area contributed by atoms with E-state index in [1.54, 1.807) is 42.7 Å². The van der Waals surface area contributed by atoms with E-state index in [1.807, 2.05) is 4.90 Å². The molecule has 1 aromatic heterocycles. The zero-order valence-corrected chi connectivity index (χ0v) is 16.7. The van der Waals surface area contributed by atoms with E-state index in [0.29, 0.717) is 24.9 Å². The maximum atomic E-state index is 12.7. The second-order valence-electron chi connectivity index (χ2n) is 6.65. The fourth-order valence-electron chi connectivity index (χ4n) is 3.56. The molecule has 1 aliphatic rings. The Morgan fingerprint density at radius 3 is 2.74 bits per heavy atom. The summed E-state index contributed by atoms with van der Waals surface area (Å²) in [6.45, 7) is 3.42. The maximum Gasteiger partial charge on any atom is 0.251 e. The van der Waals surface area contributed by atoms with Gasteiger partial charge in [0, 0.05) is 30.0 Å². The van der Waals surface area contributed by atoms with Crippen molar-refractivity contribution in [3.63, 3.8) is 0 Å². The van der Waals surface area contributed by atoms with E-state index in [0.717, 1.165) is 25.1 Å². The molecule has 2 aromatic rings. The monoisotopic (exact) mass is 386 g/mol. The first-order valence-electron chi connectivity index (χ1n) is 9.42. The van der Waals surface area contributed by atoms with Crippen molar-refractivity contribution in [2.24, 2.45) is 0 Å². The van der Waals surface area contributed by atoms with Crippen molar-refractivity contribution in [2.45, 2.75) is 38.6 Å². The fourth-order valence-corrected chi connectivity index (χ4v) is 4.49. The smallest absolute Gasteiger partial charge is 0.251 e. The summed E-state index contributed by atoms with van der Waals surface area (Å²) in [5, 5.41) is 5.00. The van der Waals surface area contributed by atoms with Gasteiger partial charge >= 0.3 is 0 Å². The van der Waals surface area contributed by atoms with Crippen LogP contribution in [0.15, 0.2) is 35.7 Å². The number of nitrogens with zero attached hydrogens (tertiary/aromatic N) is 1. The van der Waals surface area contributed by atoms with Crippen molar-refractivity contribution in [1.82, 2.24) is 10.2 Å². The number of benzene rings is 1. The summed E-state index contributed by atoms with van der Waals surface area (Å²) in [5.41, 5.74) is 1.91. The number of hydrogen-bond donors (Lipinski definition) is 1. The molecule has 2 amide bonds. The first kappa shape index (κ1) is 19.4. The Kier molecular flexibility index (Phi) is 6.50. The van der Waals surface area contributed by atoms with Gasteiger partial charge in [0.2, 0.25) is 5.91 Å². The minimum atomic E-state index is -0.127. The number of carbonyl (C=O) groups excluding carboxylic acids is 2. The molecule has 0 bridgehead atoms. The van der Waals surface area contributed by atoms with Crippen molar-refractivity contribution in [1.29, 1.82) is 0 Å². The lowest BCUT2D eigenvalue weighted by Gasteiger charge is -2.35. The first-order valence-corrected chi connectivity index (χ1v) is 10.3. The summed E-state index contributed by atoms with van der Waals surface area (Å²) in [6, 6.07) is 9.34. The normalized spacial score (nSPS) is 15.9. The van der Waals surface area contributed by atoms with Crippen LogP contribution in [0, 0.1) is 0 Å². The Hall–Kier alpha value is -2.34. The minimum Gasteiger partial charge on any atom is -0.497 e. The molecule has 1 atom stereocenters. The van der Waals surface area contributed by atoms with Crippen LogP contribution < -0.4 is 10.1 Å². The Balaban J connectivity index is 1.46. The Labute approximate surface area is 164 Å². The van der Waals surface area contributed by atoms with Gasteiger partial charge in [0.15, 0.2) is 0 Å². The molecule has 0 saturated carbocycles. The highest BCUT2D eigenvalue weighted by atomic mass is 32.1. The third kappa shape index (κ3) is 4.50. The number of thiophene rings is 1. The molecule has 0 aliphatic carbocycles. The van der Waals surface area contributed by atoms with Crippen LogP contribution in [0.1, 0.15) is 53.0 Å². The molecule has 1 aromatic carbocycles. The summed E-state index contributed by atoms with van der Waals surface area (Å²) < 4.78 is 5.09. The van der Waals surface area contributed by atoms with E-state index >= 15 is 0 Å². The van der Waals surface area contributed by atoms with Gasteiger partial charge in [-0.2, -0.15) is 0 Å². The molecule has 144 valence electrons. The van der Waals surface area contributed by atoms with Crippen LogP contribution in [0.25, 0.3) is 0 Å². The lowest BCUT2D eigenvalue weighted by Crippen LogP contribution is -2.39. The lowest BCUT2D eigenvalue weighted by molar-refractivity contribution is -0.134. The summed E-state index contributed by atoms with van der Waals surface area (Å²) in [5.74, 6) is 0.771. The quantitative estimate of drug-likeness (QED) is 0.737. The number of nitrogens with one attached hydrogen (secondary N) is 1. The highest BCUT2D eigenvalue weighted by Crippen LogP contribution is 2.35. The Morgan fingerprint density at radius 2 is 2.04 bits per heavy atom. The molecule has 1 aliphatic heterocycles. The highest BCUT2D eigenvalue weighted by molar-refractivity contribution is 7.10. The Morgan fingerprint density at radius 1 is 1.26 bits per heavy atom. The summed E-state index contributed by atoms with van der Waals surface area (Å²) >= 11 is 1.79. The van der Waals surface area contributed by atoms with Gasteiger partial charge in [-0.15, -0.1) is 11.3 Å². The van der Waals surface area contributed by atoms with Crippen LogP contribution in [0.3, 0.4) is 0 Å². The van der Waals surface area contributed by atoms with Gasteiger partial charge in [-0.3, -0.25) is 9.59 Å². The van der Waals surface area contributed by atoms with Crippen LogP contribution in [-0.4, -0.2) is 36.9 Å². The zero-order chi connectivity index (χ0) is 19.2. The van der Waals surface area contributed by atoms with Gasteiger partial charge in [0.05, 0.1) is 13.2 Å². The number of ether oxygens (including phenoxy) is 1. The zero-order valence-electron chi connectivity index (χ0n) is 15.9. The summed E-state index contributed by atoms with van der Waals surface area (Å²) in [6.07, 6.45) is 2.98. The molecule has 27 heavy (non-hydrogen) atoms. The molecule has 6 heteroatoms. The van der Waals surface area contributed by atoms with Crippen molar-refractivity contribution < 1.29 is 14.3 Å². The van der Waals surface area contributed by atoms with Crippen LogP contribution in [-0.2, 0) is 11.2 Å². The molecule has 5 nitrogen and oxygen atoms in total. The highest BCUT2D eigenvalue weighted by Gasteiger charge is 2.29. The average Bonchev–Trinajstić information content (AvgIpc) is 3.19. The Bertz CT molecular complexity index is 785. The van der Waals surface area contributed by atoms with Crippen molar-refractivity contribution in [3.8, 4) is 5.75 Å². The van der Waals surface area contributed by atoms with Gasteiger partial charge in [-0.05, 0) is 60.5 Å². The third-order valence-electron chi connectivity index (χ3n) is 5.01. The second-order valence-corrected chi connectivity index (χ2v) is 7.65. The van der Waals surface area contributed by atoms with Crippen molar-refractivity contribution >= 4 is 23.2 Å². The molecular formula is C21H26N2O3S. The minimum absolute atomic E-state index is 0.127. The molecule has 0 radical (unpaired) electrons. The van der Waals surface area contributed by atoms with Crippen LogP contribution >= 0.6 is 11.3 Å². The topological polar surface area (TPSA) is 58.6 Å². The predicted octanol–water partition coefficient (Wildman–Crippen LogP) is 3.80. The summed E-state index contributed by atoms with van der Waals surface area (Å²) in [7, 11) is 1.59.